The maximum absolute atomic E-state index is 7.02. The molecule has 12 aromatic rings. The van der Waals surface area contributed by atoms with Gasteiger partial charge in [0, 0.05) is 75.1 Å². The maximum Gasteiger partial charge on any atom is 0.333 e. The maximum atomic E-state index is 7.02. The molecule has 0 atom stereocenters. The Labute approximate surface area is 387 Å². The molecule has 0 saturated heterocycles. The fourth-order valence-corrected chi connectivity index (χ4v) is 13.7. The predicted molar refractivity (Wildman–Crippen MR) is 281 cm³/mol. The van der Waals surface area contributed by atoms with E-state index in [0.717, 1.165) is 50.6 Å². The van der Waals surface area contributed by atoms with E-state index >= 15 is 0 Å². The van der Waals surface area contributed by atoms with Gasteiger partial charge in [-0.1, -0.05) is 109 Å². The van der Waals surface area contributed by atoms with Crippen LogP contribution in [0.25, 0.3) is 103 Å². The lowest BCUT2D eigenvalue weighted by atomic mass is 9.44. The van der Waals surface area contributed by atoms with Gasteiger partial charge >= 0.3 is 6.85 Å². The normalized spacial score (nSPS) is 16.2. The molecule has 0 spiro atoms. The van der Waals surface area contributed by atoms with Gasteiger partial charge in [-0.3, -0.25) is 0 Å². The molecule has 0 N–H and O–H groups in total. The van der Waals surface area contributed by atoms with Crippen LogP contribution in [-0.2, 0) is 16.2 Å². The second-order valence-corrected chi connectivity index (χ2v) is 23.0. The van der Waals surface area contributed by atoms with Gasteiger partial charge in [-0.15, -0.1) is 11.3 Å². The van der Waals surface area contributed by atoms with Crippen molar-refractivity contribution in [1.82, 2.24) is 4.57 Å². The van der Waals surface area contributed by atoms with E-state index in [4.69, 9.17) is 8.83 Å². The van der Waals surface area contributed by atoms with Crippen molar-refractivity contribution < 1.29 is 8.83 Å². The average molecular weight is 871 g/mol. The smallest absolute Gasteiger partial charge is 0.333 e. The SMILES string of the molecule is CC(C)(C)c1ccc(N2B3c4cc5oc6ccccc6c5cc4-n4c5cc6c(cc5c5ccc(c3c54)-c3cc4oc5cc7c(cc5c4cc32)C(C)(C)CCC7(C)C)sc2ccccc26)cc1. The first kappa shape index (κ1) is 37.5. The summed E-state index contributed by atoms with van der Waals surface area (Å²) >= 11 is 1.89. The van der Waals surface area contributed by atoms with Crippen LogP contribution in [0, 0.1) is 0 Å². The molecule has 2 aliphatic heterocycles. The Kier molecular flexibility index (Phi) is 6.91. The Morgan fingerprint density at radius 3 is 2.00 bits per heavy atom. The van der Waals surface area contributed by atoms with Gasteiger partial charge in [0.1, 0.15) is 22.3 Å². The lowest BCUT2D eigenvalue weighted by Gasteiger charge is -2.42. The fourth-order valence-electron chi connectivity index (χ4n) is 12.6. The number of anilines is 2. The molecule has 0 bridgehead atoms. The number of para-hydroxylation sites is 1. The minimum Gasteiger partial charge on any atom is -0.456 e. The number of nitrogens with zero attached hydrogens (tertiary/aromatic N) is 2. The summed E-state index contributed by atoms with van der Waals surface area (Å²) in [5, 5.41) is 9.82. The van der Waals surface area contributed by atoms with Gasteiger partial charge in [-0.25, -0.2) is 0 Å². The zero-order chi connectivity index (χ0) is 44.3. The van der Waals surface area contributed by atoms with Crippen LogP contribution in [0.2, 0.25) is 0 Å². The van der Waals surface area contributed by atoms with Crippen LogP contribution in [0.5, 0.6) is 0 Å². The molecule has 0 fully saturated rings. The van der Waals surface area contributed by atoms with Crippen LogP contribution in [0.3, 0.4) is 0 Å². The summed E-state index contributed by atoms with van der Waals surface area (Å²) < 4.78 is 19.0. The number of hydrogen-bond donors (Lipinski definition) is 0. The van der Waals surface area contributed by atoms with Crippen molar-refractivity contribution in [2.45, 2.75) is 77.6 Å². The van der Waals surface area contributed by atoms with Crippen molar-refractivity contribution in [3.05, 3.63) is 150 Å². The fraction of sp³-hybridized carbons (Fsp3) is 0.200. The van der Waals surface area contributed by atoms with Crippen molar-refractivity contribution in [3.63, 3.8) is 0 Å². The predicted octanol–water partition coefficient (Wildman–Crippen LogP) is 15.8. The number of furan rings is 2. The number of fused-ring (bicyclic) bond motifs is 18. The molecule has 4 aromatic heterocycles. The molecular formula is C60H47BN2O2S. The summed E-state index contributed by atoms with van der Waals surface area (Å²) in [5.74, 6) is 0. The highest BCUT2D eigenvalue weighted by atomic mass is 32.1. The molecule has 8 aromatic carbocycles. The molecule has 4 nitrogen and oxygen atoms in total. The highest BCUT2D eigenvalue weighted by Crippen LogP contribution is 2.52. The molecule has 318 valence electrons. The molecule has 0 radical (unpaired) electrons. The van der Waals surface area contributed by atoms with Crippen molar-refractivity contribution in [3.8, 4) is 16.8 Å². The third-order valence-electron chi connectivity index (χ3n) is 16.2. The third kappa shape index (κ3) is 4.75. The van der Waals surface area contributed by atoms with Gasteiger partial charge in [-0.2, -0.15) is 0 Å². The second-order valence-electron chi connectivity index (χ2n) is 21.9. The van der Waals surface area contributed by atoms with Crippen LogP contribution < -0.4 is 15.7 Å². The van der Waals surface area contributed by atoms with Crippen molar-refractivity contribution in [2.24, 2.45) is 0 Å². The number of benzene rings is 8. The first-order valence-corrected chi connectivity index (χ1v) is 24.5. The Morgan fingerprint density at radius 2 is 1.20 bits per heavy atom. The van der Waals surface area contributed by atoms with E-state index in [0.29, 0.717) is 0 Å². The first-order chi connectivity index (χ1) is 31.8. The minimum atomic E-state index is -0.147. The summed E-state index contributed by atoms with van der Waals surface area (Å²) in [5.41, 5.74) is 19.2. The first-order valence-electron chi connectivity index (χ1n) is 23.6. The number of aromatic nitrogens is 1. The van der Waals surface area contributed by atoms with Gasteiger partial charge in [-0.05, 0) is 135 Å². The summed E-state index contributed by atoms with van der Waals surface area (Å²) in [6.07, 6.45) is 2.33. The van der Waals surface area contributed by atoms with E-state index < -0.39 is 0 Å². The van der Waals surface area contributed by atoms with Crippen LogP contribution in [0.1, 0.15) is 78.0 Å². The molecule has 0 amide bonds. The van der Waals surface area contributed by atoms with E-state index in [9.17, 15) is 0 Å². The monoisotopic (exact) mass is 870 g/mol. The van der Waals surface area contributed by atoms with E-state index in [-0.39, 0.29) is 23.1 Å². The molecule has 1 aliphatic carbocycles. The Hall–Kier alpha value is -6.76. The Morgan fingerprint density at radius 1 is 0.530 bits per heavy atom. The van der Waals surface area contributed by atoms with Gasteiger partial charge in [0.2, 0.25) is 0 Å². The molecule has 6 heteroatoms. The van der Waals surface area contributed by atoms with Gasteiger partial charge in [0.05, 0.1) is 11.0 Å². The van der Waals surface area contributed by atoms with E-state index in [2.05, 4.69) is 191 Å². The summed E-state index contributed by atoms with van der Waals surface area (Å²) in [6.45, 7) is 16.4. The summed E-state index contributed by atoms with van der Waals surface area (Å²) in [4.78, 5) is 2.65. The van der Waals surface area contributed by atoms with Gasteiger partial charge < -0.3 is 18.2 Å². The quantitative estimate of drug-likeness (QED) is 0.154. The third-order valence-corrected chi connectivity index (χ3v) is 17.3. The lowest BCUT2D eigenvalue weighted by molar-refractivity contribution is 0.332. The van der Waals surface area contributed by atoms with E-state index in [1.807, 2.05) is 11.3 Å². The molecule has 3 aliphatic rings. The number of thiophene rings is 1. The van der Waals surface area contributed by atoms with E-state index in [1.54, 1.807) is 0 Å². The zero-order valence-electron chi connectivity index (χ0n) is 38.3. The summed E-state index contributed by atoms with van der Waals surface area (Å²) in [7, 11) is 0. The number of rotatable bonds is 1. The Bertz CT molecular complexity index is 4170. The van der Waals surface area contributed by atoms with E-state index in [1.165, 1.54) is 104 Å². The second kappa shape index (κ2) is 12.2. The molecule has 6 heterocycles. The molecule has 66 heavy (non-hydrogen) atoms. The summed E-state index contributed by atoms with van der Waals surface area (Å²) in [6, 6.07) is 51.0. The van der Waals surface area contributed by atoms with Crippen LogP contribution in [-0.4, -0.2) is 11.4 Å². The van der Waals surface area contributed by atoms with Crippen LogP contribution in [0.15, 0.2) is 142 Å². The number of hydrogen-bond acceptors (Lipinski definition) is 4. The highest BCUT2D eigenvalue weighted by molar-refractivity contribution is 7.25. The standard InChI is InChI=1S/C60H47BN2O2S/c1-58(2,3)32-16-18-33(19-17-32)63-48-25-42-40-24-44-45(60(6,7)23-22-59(44,4)5)30-52(40)65-51(42)28-38(48)36-20-21-37-39-29-55-43(35-13-9-11-15-54(35)66-55)27-47(39)62-49-26-41-34-12-8-10-14-50(34)64-53(41)31-46(49)61(63)56(36)57(37)62/h8-21,24-31H,22-23H2,1-7H3. The van der Waals surface area contributed by atoms with Gasteiger partial charge in [0.25, 0.3) is 0 Å². The zero-order valence-corrected chi connectivity index (χ0v) is 39.1. The Balaban J connectivity index is 1.10. The molecule has 0 unspecified atom stereocenters. The van der Waals surface area contributed by atoms with Crippen LogP contribution in [0.4, 0.5) is 11.4 Å². The lowest BCUT2D eigenvalue weighted by Crippen LogP contribution is -2.60. The molecular weight excluding hydrogens is 824 g/mol. The van der Waals surface area contributed by atoms with Crippen LogP contribution >= 0.6 is 11.3 Å². The minimum absolute atomic E-state index is 0.0187. The van der Waals surface area contributed by atoms with Crippen molar-refractivity contribution in [1.29, 1.82) is 0 Å². The highest BCUT2D eigenvalue weighted by Gasteiger charge is 2.45. The molecule has 15 rings (SSSR count). The van der Waals surface area contributed by atoms with Crippen molar-refractivity contribution in [2.75, 3.05) is 4.81 Å². The van der Waals surface area contributed by atoms with Crippen molar-refractivity contribution >= 4 is 126 Å². The van der Waals surface area contributed by atoms with Gasteiger partial charge in [0.15, 0.2) is 0 Å². The largest absolute Gasteiger partial charge is 0.456 e. The topological polar surface area (TPSA) is 34.5 Å². The average Bonchev–Trinajstić information content (AvgIpc) is 4.05. The molecule has 0 saturated carbocycles.